The van der Waals surface area contributed by atoms with E-state index in [1.807, 2.05) is 6.20 Å². The van der Waals surface area contributed by atoms with E-state index in [9.17, 15) is 0 Å². The van der Waals surface area contributed by atoms with Crippen LogP contribution in [-0.2, 0) is 0 Å². The van der Waals surface area contributed by atoms with Crippen molar-refractivity contribution in [1.82, 2.24) is 10.3 Å². The van der Waals surface area contributed by atoms with Crippen molar-refractivity contribution in [3.05, 3.63) is 22.0 Å². The lowest BCUT2D eigenvalue weighted by molar-refractivity contribution is 0.249. The largest absolute Gasteiger partial charge is 0.370 e. The van der Waals surface area contributed by atoms with E-state index < -0.39 is 0 Å². The molecule has 0 saturated carbocycles. The van der Waals surface area contributed by atoms with Gasteiger partial charge in [-0.25, -0.2) is 4.98 Å². The Labute approximate surface area is 110 Å². The van der Waals surface area contributed by atoms with Crippen LogP contribution in [0.3, 0.4) is 0 Å². The first-order chi connectivity index (χ1) is 7.81. The molecule has 3 rings (SSSR count). The van der Waals surface area contributed by atoms with Gasteiger partial charge in [-0.15, -0.1) is 0 Å². The van der Waals surface area contributed by atoms with Crippen LogP contribution in [0.2, 0.25) is 0 Å². The molecule has 2 fully saturated rings. The summed E-state index contributed by atoms with van der Waals surface area (Å²) >= 11 is 2.25. The molecule has 16 heavy (non-hydrogen) atoms. The summed E-state index contributed by atoms with van der Waals surface area (Å²) in [7, 11) is 0. The Morgan fingerprint density at radius 2 is 2.00 bits per heavy atom. The second-order valence-electron chi connectivity index (χ2n) is 4.87. The van der Waals surface area contributed by atoms with Gasteiger partial charge in [0, 0.05) is 13.1 Å². The number of hydrogen-bond acceptors (Lipinski definition) is 3. The lowest BCUT2D eigenvalue weighted by Gasteiger charge is -2.42. The third-order valence-electron chi connectivity index (χ3n) is 3.57. The van der Waals surface area contributed by atoms with Crippen LogP contribution in [-0.4, -0.2) is 31.2 Å². The van der Waals surface area contributed by atoms with Gasteiger partial charge in [-0.1, -0.05) is 0 Å². The zero-order chi connectivity index (χ0) is 11.0. The van der Waals surface area contributed by atoms with Crippen LogP contribution in [0, 0.1) is 15.5 Å². The molecule has 2 aliphatic heterocycles. The highest BCUT2D eigenvalue weighted by Gasteiger charge is 2.30. The summed E-state index contributed by atoms with van der Waals surface area (Å²) in [6.45, 7) is 4.74. The fourth-order valence-corrected chi connectivity index (χ4v) is 3.19. The molecule has 2 unspecified atom stereocenters. The van der Waals surface area contributed by atoms with E-state index in [2.05, 4.69) is 49.9 Å². The minimum absolute atomic E-state index is 0.826. The molecule has 0 radical (unpaired) electrons. The Morgan fingerprint density at radius 3 is 2.62 bits per heavy atom. The van der Waals surface area contributed by atoms with Crippen LogP contribution in [0.25, 0.3) is 0 Å². The van der Waals surface area contributed by atoms with E-state index in [1.165, 1.54) is 38.3 Å². The maximum absolute atomic E-state index is 4.38. The van der Waals surface area contributed by atoms with Crippen molar-refractivity contribution in [3.63, 3.8) is 0 Å². The van der Waals surface area contributed by atoms with Gasteiger partial charge in [0.15, 0.2) is 0 Å². The summed E-state index contributed by atoms with van der Waals surface area (Å²) in [4.78, 5) is 6.88. The first kappa shape index (κ1) is 10.8. The van der Waals surface area contributed by atoms with Crippen molar-refractivity contribution in [3.8, 4) is 0 Å². The quantitative estimate of drug-likeness (QED) is 0.628. The molecule has 0 aliphatic carbocycles. The zero-order valence-corrected chi connectivity index (χ0v) is 11.4. The molecule has 0 spiro atoms. The zero-order valence-electron chi connectivity index (χ0n) is 9.19. The van der Waals surface area contributed by atoms with E-state index in [-0.39, 0.29) is 0 Å². The van der Waals surface area contributed by atoms with Gasteiger partial charge in [-0.2, -0.15) is 0 Å². The second-order valence-corrected chi connectivity index (χ2v) is 5.98. The number of rotatable bonds is 1. The van der Waals surface area contributed by atoms with Gasteiger partial charge in [-0.3, -0.25) is 0 Å². The normalized spacial score (nSPS) is 29.2. The minimum atomic E-state index is 0.826. The lowest BCUT2D eigenvalue weighted by atomic mass is 9.86. The molecular formula is C12H16IN3. The fourth-order valence-electron chi connectivity index (χ4n) is 2.87. The highest BCUT2D eigenvalue weighted by atomic mass is 127. The third kappa shape index (κ3) is 2.18. The molecule has 3 nitrogen and oxygen atoms in total. The number of nitrogens with zero attached hydrogens (tertiary/aromatic N) is 2. The lowest BCUT2D eigenvalue weighted by Crippen LogP contribution is -2.51. The van der Waals surface area contributed by atoms with Crippen LogP contribution >= 0.6 is 22.6 Å². The highest BCUT2D eigenvalue weighted by Crippen LogP contribution is 2.28. The van der Waals surface area contributed by atoms with Crippen LogP contribution in [0.15, 0.2) is 18.3 Å². The number of piperidine rings is 2. The summed E-state index contributed by atoms with van der Waals surface area (Å²) in [6, 6.07) is 4.29. The summed E-state index contributed by atoms with van der Waals surface area (Å²) in [5, 5.41) is 3.52. The summed E-state index contributed by atoms with van der Waals surface area (Å²) in [5.74, 6) is 1.65. The van der Waals surface area contributed by atoms with Gasteiger partial charge in [0.1, 0.15) is 3.70 Å². The molecule has 4 heteroatoms. The molecule has 1 aromatic rings. The van der Waals surface area contributed by atoms with Gasteiger partial charge >= 0.3 is 0 Å². The van der Waals surface area contributed by atoms with Crippen LogP contribution in [0.1, 0.15) is 6.42 Å². The number of hydrogen-bond donors (Lipinski definition) is 1. The Bertz CT molecular complexity index is 353. The molecule has 0 aromatic carbocycles. The SMILES string of the molecule is Ic1ccc(N2CC3CNCC(C3)C2)cn1. The topological polar surface area (TPSA) is 28.2 Å². The Morgan fingerprint density at radius 1 is 1.25 bits per heavy atom. The second kappa shape index (κ2) is 4.49. The predicted molar refractivity (Wildman–Crippen MR) is 73.6 cm³/mol. The monoisotopic (exact) mass is 329 g/mol. The first-order valence-corrected chi connectivity index (χ1v) is 6.96. The molecule has 86 valence electrons. The number of aromatic nitrogens is 1. The van der Waals surface area contributed by atoms with Gasteiger partial charge in [0.25, 0.3) is 0 Å². The average molecular weight is 329 g/mol. The number of halogens is 1. The van der Waals surface area contributed by atoms with Gasteiger partial charge in [0.2, 0.25) is 0 Å². The number of pyridine rings is 1. The van der Waals surface area contributed by atoms with E-state index in [0.29, 0.717) is 0 Å². The maximum Gasteiger partial charge on any atom is 0.101 e. The van der Waals surface area contributed by atoms with E-state index in [4.69, 9.17) is 0 Å². The van der Waals surface area contributed by atoms with Crippen molar-refractivity contribution in [1.29, 1.82) is 0 Å². The van der Waals surface area contributed by atoms with Crippen molar-refractivity contribution in [2.45, 2.75) is 6.42 Å². The van der Waals surface area contributed by atoms with Gasteiger partial charge < -0.3 is 10.2 Å². The Balaban J connectivity index is 1.77. The molecular weight excluding hydrogens is 313 g/mol. The number of anilines is 1. The number of nitrogens with one attached hydrogen (secondary N) is 1. The Kier molecular flexibility index (Phi) is 3.02. The predicted octanol–water partition coefficient (Wildman–Crippen LogP) is 1.73. The van der Waals surface area contributed by atoms with Crippen molar-refractivity contribution in [2.75, 3.05) is 31.1 Å². The number of fused-ring (bicyclic) bond motifs is 2. The Hall–Kier alpha value is -0.360. The van der Waals surface area contributed by atoms with E-state index in [1.54, 1.807) is 0 Å². The van der Waals surface area contributed by atoms with Crippen molar-refractivity contribution < 1.29 is 0 Å². The van der Waals surface area contributed by atoms with Crippen molar-refractivity contribution in [2.24, 2.45) is 11.8 Å². The van der Waals surface area contributed by atoms with Crippen LogP contribution < -0.4 is 10.2 Å². The molecule has 2 saturated heterocycles. The van der Waals surface area contributed by atoms with Crippen LogP contribution in [0.5, 0.6) is 0 Å². The molecule has 2 bridgehead atoms. The molecule has 2 atom stereocenters. The smallest absolute Gasteiger partial charge is 0.101 e. The van der Waals surface area contributed by atoms with Crippen molar-refractivity contribution >= 4 is 28.3 Å². The molecule has 2 aliphatic rings. The molecule has 1 aromatic heterocycles. The molecule has 1 N–H and O–H groups in total. The fraction of sp³-hybridized carbons (Fsp3) is 0.583. The molecule has 0 amide bonds. The van der Waals surface area contributed by atoms with E-state index in [0.717, 1.165) is 15.5 Å². The first-order valence-electron chi connectivity index (χ1n) is 5.88. The highest BCUT2D eigenvalue weighted by molar-refractivity contribution is 14.1. The van der Waals surface area contributed by atoms with Gasteiger partial charge in [0.05, 0.1) is 11.9 Å². The van der Waals surface area contributed by atoms with E-state index >= 15 is 0 Å². The average Bonchev–Trinajstić information content (AvgIpc) is 2.29. The molecule has 3 heterocycles. The summed E-state index contributed by atoms with van der Waals surface area (Å²) < 4.78 is 1.07. The minimum Gasteiger partial charge on any atom is -0.370 e. The van der Waals surface area contributed by atoms with Gasteiger partial charge in [-0.05, 0) is 66.1 Å². The third-order valence-corrected chi connectivity index (χ3v) is 4.20. The summed E-state index contributed by atoms with van der Waals surface area (Å²) in [6.07, 6.45) is 3.41. The maximum atomic E-state index is 4.38. The van der Waals surface area contributed by atoms with Crippen LogP contribution in [0.4, 0.5) is 5.69 Å². The summed E-state index contributed by atoms with van der Waals surface area (Å²) in [5.41, 5.74) is 1.29. The standard InChI is InChI=1S/C12H16IN3/c13-12-2-1-11(6-15-12)16-7-9-3-10(8-16)5-14-4-9/h1-2,6,9-10,14H,3-5,7-8H2.